The third-order valence-electron chi connectivity index (χ3n) is 3.20. The summed E-state index contributed by atoms with van der Waals surface area (Å²) < 4.78 is 18.0. The number of aryl methyl sites for hydroxylation is 1. The van der Waals surface area contributed by atoms with Crippen LogP contribution in [0.4, 0.5) is 10.1 Å². The van der Waals surface area contributed by atoms with E-state index in [1.807, 2.05) is 25.1 Å². The van der Waals surface area contributed by atoms with Crippen LogP contribution in [0, 0.1) is 12.7 Å². The van der Waals surface area contributed by atoms with Crippen molar-refractivity contribution in [2.24, 2.45) is 0 Å². The fourth-order valence-corrected chi connectivity index (χ4v) is 2.00. The van der Waals surface area contributed by atoms with Crippen molar-refractivity contribution in [2.75, 3.05) is 19.0 Å². The molecule has 2 aromatic carbocycles. The van der Waals surface area contributed by atoms with Gasteiger partial charge in [0.1, 0.15) is 11.6 Å². The molecule has 0 spiro atoms. The second-order valence-corrected chi connectivity index (χ2v) is 4.96. The van der Waals surface area contributed by atoms with Gasteiger partial charge in [0, 0.05) is 6.54 Å². The fourth-order valence-electron chi connectivity index (χ4n) is 2.00. The van der Waals surface area contributed by atoms with Crippen LogP contribution in [-0.4, -0.2) is 19.6 Å². The predicted octanol–water partition coefficient (Wildman–Crippen LogP) is 2.87. The SMILES string of the molecule is COc1ccc(C)cc1NCC(=O)NCc1ccc(F)cc1. The molecule has 0 aromatic heterocycles. The van der Waals surface area contributed by atoms with Gasteiger partial charge in [0.15, 0.2) is 0 Å². The first kappa shape index (κ1) is 15.8. The summed E-state index contributed by atoms with van der Waals surface area (Å²) in [5, 5.41) is 5.83. The number of ether oxygens (including phenoxy) is 1. The Bertz CT molecular complexity index is 642. The van der Waals surface area contributed by atoms with Gasteiger partial charge in [-0.1, -0.05) is 18.2 Å². The Labute approximate surface area is 129 Å². The van der Waals surface area contributed by atoms with Crippen LogP contribution in [0.25, 0.3) is 0 Å². The Morgan fingerprint density at radius 2 is 1.91 bits per heavy atom. The average Bonchev–Trinajstić information content (AvgIpc) is 2.52. The first-order valence-electron chi connectivity index (χ1n) is 6.98. The zero-order chi connectivity index (χ0) is 15.9. The highest BCUT2D eigenvalue weighted by atomic mass is 19.1. The summed E-state index contributed by atoms with van der Waals surface area (Å²) in [5.41, 5.74) is 2.71. The highest BCUT2D eigenvalue weighted by Gasteiger charge is 2.06. The minimum absolute atomic E-state index is 0.140. The van der Waals surface area contributed by atoms with E-state index in [-0.39, 0.29) is 18.3 Å². The number of benzene rings is 2. The second-order valence-electron chi connectivity index (χ2n) is 4.96. The van der Waals surface area contributed by atoms with Crippen molar-refractivity contribution in [2.45, 2.75) is 13.5 Å². The Kier molecular flexibility index (Phi) is 5.36. The first-order valence-corrected chi connectivity index (χ1v) is 6.98. The molecule has 0 aliphatic heterocycles. The maximum atomic E-state index is 12.8. The number of anilines is 1. The molecular weight excluding hydrogens is 283 g/mol. The number of nitrogens with one attached hydrogen (secondary N) is 2. The van der Waals surface area contributed by atoms with Crippen LogP contribution in [0.1, 0.15) is 11.1 Å². The molecule has 116 valence electrons. The molecule has 1 amide bonds. The number of rotatable bonds is 6. The van der Waals surface area contributed by atoms with E-state index in [2.05, 4.69) is 10.6 Å². The number of halogens is 1. The normalized spacial score (nSPS) is 10.1. The molecule has 0 unspecified atom stereocenters. The zero-order valence-electron chi connectivity index (χ0n) is 12.7. The van der Waals surface area contributed by atoms with Crippen molar-refractivity contribution in [3.8, 4) is 5.75 Å². The Morgan fingerprint density at radius 3 is 2.59 bits per heavy atom. The number of hydrogen-bond donors (Lipinski definition) is 2. The average molecular weight is 302 g/mol. The summed E-state index contributed by atoms with van der Waals surface area (Å²) in [7, 11) is 1.59. The summed E-state index contributed by atoms with van der Waals surface area (Å²) in [5.74, 6) is 0.258. The minimum Gasteiger partial charge on any atom is -0.495 e. The van der Waals surface area contributed by atoms with Gasteiger partial charge in [-0.2, -0.15) is 0 Å². The second kappa shape index (κ2) is 7.45. The monoisotopic (exact) mass is 302 g/mol. The van der Waals surface area contributed by atoms with E-state index in [1.165, 1.54) is 12.1 Å². The quantitative estimate of drug-likeness (QED) is 0.862. The van der Waals surface area contributed by atoms with E-state index in [9.17, 15) is 9.18 Å². The van der Waals surface area contributed by atoms with Gasteiger partial charge in [-0.15, -0.1) is 0 Å². The molecule has 0 radical (unpaired) electrons. The predicted molar refractivity (Wildman–Crippen MR) is 84.5 cm³/mol. The minimum atomic E-state index is -0.289. The molecular formula is C17H19FN2O2. The highest BCUT2D eigenvalue weighted by molar-refractivity contribution is 5.81. The number of carbonyl (C=O) groups is 1. The lowest BCUT2D eigenvalue weighted by Crippen LogP contribution is -2.29. The molecule has 0 fully saturated rings. The molecule has 2 rings (SSSR count). The van der Waals surface area contributed by atoms with Gasteiger partial charge in [0.2, 0.25) is 5.91 Å². The van der Waals surface area contributed by atoms with Gasteiger partial charge in [-0.05, 0) is 42.3 Å². The molecule has 22 heavy (non-hydrogen) atoms. The molecule has 0 saturated heterocycles. The van der Waals surface area contributed by atoms with Crippen LogP contribution < -0.4 is 15.4 Å². The lowest BCUT2D eigenvalue weighted by molar-refractivity contribution is -0.119. The summed E-state index contributed by atoms with van der Waals surface area (Å²) in [6.45, 7) is 2.48. The Hall–Kier alpha value is -2.56. The van der Waals surface area contributed by atoms with Crippen LogP contribution in [0.3, 0.4) is 0 Å². The molecule has 0 aliphatic rings. The first-order chi connectivity index (χ1) is 10.6. The Morgan fingerprint density at radius 1 is 1.18 bits per heavy atom. The molecule has 0 heterocycles. The summed E-state index contributed by atoms with van der Waals surface area (Å²) in [6, 6.07) is 11.8. The van der Waals surface area contributed by atoms with Gasteiger partial charge in [-0.3, -0.25) is 4.79 Å². The van der Waals surface area contributed by atoms with Gasteiger partial charge in [0.25, 0.3) is 0 Å². The van der Waals surface area contributed by atoms with E-state index in [1.54, 1.807) is 19.2 Å². The van der Waals surface area contributed by atoms with Crippen molar-refractivity contribution < 1.29 is 13.9 Å². The third-order valence-corrected chi connectivity index (χ3v) is 3.20. The topological polar surface area (TPSA) is 50.4 Å². The van der Waals surface area contributed by atoms with Crippen molar-refractivity contribution in [1.29, 1.82) is 0 Å². The lowest BCUT2D eigenvalue weighted by Gasteiger charge is -2.12. The maximum Gasteiger partial charge on any atom is 0.239 e. The summed E-state index contributed by atoms with van der Waals surface area (Å²) >= 11 is 0. The van der Waals surface area contributed by atoms with Gasteiger partial charge < -0.3 is 15.4 Å². The molecule has 5 heteroatoms. The highest BCUT2D eigenvalue weighted by Crippen LogP contribution is 2.24. The van der Waals surface area contributed by atoms with E-state index in [0.29, 0.717) is 12.3 Å². The molecule has 0 saturated carbocycles. The molecule has 4 nitrogen and oxygen atoms in total. The zero-order valence-corrected chi connectivity index (χ0v) is 12.7. The van der Waals surface area contributed by atoms with Gasteiger partial charge >= 0.3 is 0 Å². The smallest absolute Gasteiger partial charge is 0.239 e. The molecule has 0 aliphatic carbocycles. The van der Waals surface area contributed by atoms with Crippen LogP contribution in [0.15, 0.2) is 42.5 Å². The number of methoxy groups -OCH3 is 1. The van der Waals surface area contributed by atoms with Crippen LogP contribution in [0.2, 0.25) is 0 Å². The molecule has 0 bridgehead atoms. The van der Waals surface area contributed by atoms with E-state index in [0.717, 1.165) is 16.8 Å². The Balaban J connectivity index is 1.85. The number of hydrogen-bond acceptors (Lipinski definition) is 3. The summed E-state index contributed by atoms with van der Waals surface area (Å²) in [4.78, 5) is 11.9. The van der Waals surface area contributed by atoms with Crippen molar-refractivity contribution >= 4 is 11.6 Å². The molecule has 2 aromatic rings. The molecule has 2 N–H and O–H groups in total. The van der Waals surface area contributed by atoms with E-state index < -0.39 is 0 Å². The fraction of sp³-hybridized carbons (Fsp3) is 0.235. The maximum absolute atomic E-state index is 12.8. The van der Waals surface area contributed by atoms with Gasteiger partial charge in [0.05, 0.1) is 19.3 Å². The van der Waals surface area contributed by atoms with Crippen LogP contribution >= 0.6 is 0 Å². The van der Waals surface area contributed by atoms with Crippen molar-refractivity contribution in [1.82, 2.24) is 5.32 Å². The summed E-state index contributed by atoms with van der Waals surface area (Å²) in [6.07, 6.45) is 0. The van der Waals surface area contributed by atoms with Crippen LogP contribution in [-0.2, 0) is 11.3 Å². The van der Waals surface area contributed by atoms with Crippen molar-refractivity contribution in [3.63, 3.8) is 0 Å². The third kappa shape index (κ3) is 4.48. The van der Waals surface area contributed by atoms with E-state index in [4.69, 9.17) is 4.74 Å². The number of amides is 1. The van der Waals surface area contributed by atoms with Crippen LogP contribution in [0.5, 0.6) is 5.75 Å². The lowest BCUT2D eigenvalue weighted by atomic mass is 10.2. The van der Waals surface area contributed by atoms with Gasteiger partial charge in [-0.25, -0.2) is 4.39 Å². The molecule has 0 atom stereocenters. The number of carbonyl (C=O) groups excluding carboxylic acids is 1. The standard InChI is InChI=1S/C17H19FN2O2/c1-12-3-8-16(22-2)15(9-12)19-11-17(21)20-10-13-4-6-14(18)7-5-13/h3-9,19H,10-11H2,1-2H3,(H,20,21). The van der Waals surface area contributed by atoms with E-state index >= 15 is 0 Å². The van der Waals surface area contributed by atoms with Crippen molar-refractivity contribution in [3.05, 3.63) is 59.4 Å². The largest absolute Gasteiger partial charge is 0.495 e.